The van der Waals surface area contributed by atoms with Gasteiger partial charge in [-0.05, 0) is 37.6 Å². The summed E-state index contributed by atoms with van der Waals surface area (Å²) in [5.74, 6) is 1.84. The highest BCUT2D eigenvalue weighted by Crippen LogP contribution is 2.20. The largest absolute Gasteiger partial charge is 0.494 e. The summed E-state index contributed by atoms with van der Waals surface area (Å²) in [4.78, 5) is 25.7. The number of likely N-dealkylation sites (tertiary alicyclic amines) is 1. The third-order valence-electron chi connectivity index (χ3n) is 4.77. The fourth-order valence-corrected chi connectivity index (χ4v) is 3.18. The van der Waals surface area contributed by atoms with Crippen molar-refractivity contribution in [3.63, 3.8) is 0 Å². The first-order valence-corrected chi connectivity index (χ1v) is 10.1. The monoisotopic (exact) mass is 400 g/mol. The molecule has 1 aliphatic rings. The number of aryl methyl sites for hydroxylation is 1. The van der Waals surface area contributed by atoms with Gasteiger partial charge in [-0.3, -0.25) is 0 Å². The zero-order chi connectivity index (χ0) is 20.6. The summed E-state index contributed by atoms with van der Waals surface area (Å²) in [6, 6.07) is 10.3. The first-order valence-electron chi connectivity index (χ1n) is 10.1. The van der Waals surface area contributed by atoms with Gasteiger partial charge in [-0.15, -0.1) is 0 Å². The highest BCUT2D eigenvalue weighted by atomic mass is 16.5. The molecular weight excluding hydrogens is 372 g/mol. The smallest absolute Gasteiger partial charge is 0.339 e. The summed E-state index contributed by atoms with van der Waals surface area (Å²) in [6.07, 6.45) is 3.50. The zero-order valence-corrected chi connectivity index (χ0v) is 17.0. The van der Waals surface area contributed by atoms with Crippen molar-refractivity contribution in [3.8, 4) is 11.5 Å². The number of carbonyl (C=O) groups is 1. The van der Waals surface area contributed by atoms with Crippen LogP contribution in [0.3, 0.4) is 0 Å². The first kappa shape index (κ1) is 20.8. The number of piperidine rings is 1. The molecule has 2 amide bonds. The van der Waals surface area contributed by atoms with Gasteiger partial charge in [0.25, 0.3) is 0 Å². The molecule has 2 aromatic rings. The third-order valence-corrected chi connectivity index (χ3v) is 4.77. The van der Waals surface area contributed by atoms with Crippen LogP contribution in [0.1, 0.15) is 38.4 Å². The average molecular weight is 400 g/mol. The fourth-order valence-electron chi connectivity index (χ4n) is 3.18. The van der Waals surface area contributed by atoms with Crippen molar-refractivity contribution < 1.29 is 18.7 Å². The summed E-state index contributed by atoms with van der Waals surface area (Å²) >= 11 is 0. The van der Waals surface area contributed by atoms with E-state index in [1.54, 1.807) is 17.9 Å². The van der Waals surface area contributed by atoms with E-state index in [4.69, 9.17) is 13.9 Å². The van der Waals surface area contributed by atoms with Crippen molar-refractivity contribution in [1.82, 2.24) is 4.90 Å². The fraction of sp³-hybridized carbons (Fsp3) is 0.455. The minimum absolute atomic E-state index is 0.0280. The van der Waals surface area contributed by atoms with Crippen molar-refractivity contribution in [2.45, 2.75) is 45.6 Å². The lowest BCUT2D eigenvalue weighted by Crippen LogP contribution is -2.43. The molecule has 1 aromatic heterocycles. The topological polar surface area (TPSA) is 81.0 Å². The number of rotatable bonds is 7. The molecule has 29 heavy (non-hydrogen) atoms. The van der Waals surface area contributed by atoms with Crippen molar-refractivity contribution in [2.24, 2.45) is 0 Å². The molecule has 1 fully saturated rings. The molecule has 1 N–H and O–H groups in total. The van der Waals surface area contributed by atoms with E-state index in [0.717, 1.165) is 24.3 Å². The second-order valence-electron chi connectivity index (χ2n) is 7.18. The van der Waals surface area contributed by atoms with E-state index in [-0.39, 0.29) is 12.1 Å². The Bertz CT molecular complexity index is 854. The number of nitrogens with one attached hydrogen (secondary N) is 1. The Balaban J connectivity index is 1.45. The van der Waals surface area contributed by atoms with Crippen LogP contribution in [0.2, 0.25) is 0 Å². The third kappa shape index (κ3) is 6.27. The average Bonchev–Trinajstić information content (AvgIpc) is 2.69. The lowest BCUT2D eigenvalue weighted by molar-refractivity contribution is 0.115. The highest BCUT2D eigenvalue weighted by molar-refractivity contribution is 5.89. The Morgan fingerprint density at radius 1 is 1.17 bits per heavy atom. The Kier molecular flexibility index (Phi) is 7.16. The van der Waals surface area contributed by atoms with E-state index in [2.05, 4.69) is 12.2 Å². The number of unbranched alkanes of at least 4 members (excludes halogenated alkanes) is 1. The summed E-state index contributed by atoms with van der Waals surface area (Å²) in [7, 11) is 0. The number of carbonyl (C=O) groups excluding carboxylic acids is 1. The summed E-state index contributed by atoms with van der Waals surface area (Å²) < 4.78 is 16.5. The first-order chi connectivity index (χ1) is 14.0. The second kappa shape index (κ2) is 10.0. The van der Waals surface area contributed by atoms with Crippen LogP contribution in [-0.4, -0.2) is 36.7 Å². The number of ether oxygens (including phenoxy) is 2. The quantitative estimate of drug-likeness (QED) is 0.705. The van der Waals surface area contributed by atoms with Crippen LogP contribution in [0, 0.1) is 6.92 Å². The highest BCUT2D eigenvalue weighted by Gasteiger charge is 2.24. The van der Waals surface area contributed by atoms with Crippen LogP contribution in [0.25, 0.3) is 0 Å². The maximum absolute atomic E-state index is 12.5. The van der Waals surface area contributed by atoms with Gasteiger partial charge in [0.05, 0.1) is 12.7 Å². The van der Waals surface area contributed by atoms with Crippen LogP contribution >= 0.6 is 0 Å². The maximum Gasteiger partial charge on any atom is 0.339 e. The number of nitrogens with zero attached hydrogens (tertiary/aromatic N) is 1. The molecule has 1 saturated heterocycles. The van der Waals surface area contributed by atoms with Gasteiger partial charge >= 0.3 is 11.7 Å². The van der Waals surface area contributed by atoms with Gasteiger partial charge in [-0.25, -0.2) is 9.59 Å². The number of benzene rings is 1. The van der Waals surface area contributed by atoms with Crippen molar-refractivity contribution in [3.05, 3.63) is 52.6 Å². The van der Waals surface area contributed by atoms with E-state index in [9.17, 15) is 9.59 Å². The van der Waals surface area contributed by atoms with Gasteiger partial charge in [-0.1, -0.05) is 13.3 Å². The molecule has 0 aliphatic carbocycles. The van der Waals surface area contributed by atoms with Gasteiger partial charge in [-0.2, -0.15) is 0 Å². The summed E-state index contributed by atoms with van der Waals surface area (Å²) in [5.41, 5.74) is 0.321. The Morgan fingerprint density at radius 2 is 1.90 bits per heavy atom. The molecule has 0 unspecified atom stereocenters. The van der Waals surface area contributed by atoms with E-state index in [1.165, 1.54) is 6.07 Å². The van der Waals surface area contributed by atoms with Gasteiger partial charge in [0.15, 0.2) is 0 Å². The minimum Gasteiger partial charge on any atom is -0.494 e. The van der Waals surface area contributed by atoms with Gasteiger partial charge in [0.1, 0.15) is 23.4 Å². The molecule has 0 saturated carbocycles. The summed E-state index contributed by atoms with van der Waals surface area (Å²) in [5, 5.41) is 2.92. The van der Waals surface area contributed by atoms with Gasteiger partial charge in [0.2, 0.25) is 0 Å². The zero-order valence-electron chi connectivity index (χ0n) is 17.0. The number of amides is 2. The van der Waals surface area contributed by atoms with Crippen LogP contribution in [0.15, 0.2) is 45.6 Å². The molecule has 0 radical (unpaired) electrons. The standard InChI is InChI=1S/C22H28N2O5/c1-3-4-13-27-18-7-5-17(6-8-18)23-22(26)24-11-9-19(10-12-24)29-20-14-16(2)28-21(25)15-20/h5-8,14-15,19H,3-4,9-13H2,1-2H3,(H,23,26). The molecule has 0 bridgehead atoms. The van der Waals surface area contributed by atoms with Crippen LogP contribution in [0.4, 0.5) is 10.5 Å². The SMILES string of the molecule is CCCCOc1ccc(NC(=O)N2CCC(Oc3cc(C)oc(=O)c3)CC2)cc1. The minimum atomic E-state index is -0.418. The number of urea groups is 1. The van der Waals surface area contributed by atoms with Gasteiger partial charge in [0, 0.05) is 37.7 Å². The Labute approximate surface area is 170 Å². The Hall–Kier alpha value is -2.96. The predicted octanol–water partition coefficient (Wildman–Crippen LogP) is 4.20. The van der Waals surface area contributed by atoms with Crippen molar-refractivity contribution in [2.75, 3.05) is 25.0 Å². The van der Waals surface area contributed by atoms with E-state index in [1.807, 2.05) is 24.3 Å². The lowest BCUT2D eigenvalue weighted by atomic mass is 10.1. The Morgan fingerprint density at radius 3 is 2.55 bits per heavy atom. The molecule has 7 heteroatoms. The molecule has 0 atom stereocenters. The summed E-state index contributed by atoms with van der Waals surface area (Å²) in [6.45, 7) is 5.72. The van der Waals surface area contributed by atoms with Crippen LogP contribution < -0.4 is 20.4 Å². The molecule has 1 aromatic carbocycles. The van der Waals surface area contributed by atoms with Crippen molar-refractivity contribution >= 4 is 11.7 Å². The molecule has 2 heterocycles. The van der Waals surface area contributed by atoms with Crippen LogP contribution in [-0.2, 0) is 0 Å². The van der Waals surface area contributed by atoms with E-state index in [0.29, 0.717) is 44.0 Å². The molecule has 1 aliphatic heterocycles. The molecule has 3 rings (SSSR count). The van der Waals surface area contributed by atoms with Crippen LogP contribution in [0.5, 0.6) is 11.5 Å². The molecule has 0 spiro atoms. The van der Waals surface area contributed by atoms with Crippen molar-refractivity contribution in [1.29, 1.82) is 0 Å². The molecular formula is C22H28N2O5. The number of anilines is 1. The van der Waals surface area contributed by atoms with E-state index >= 15 is 0 Å². The molecule has 7 nitrogen and oxygen atoms in total. The normalized spacial score (nSPS) is 14.5. The van der Waals surface area contributed by atoms with E-state index < -0.39 is 5.63 Å². The maximum atomic E-state index is 12.5. The predicted molar refractivity (Wildman–Crippen MR) is 111 cm³/mol. The number of hydrogen-bond acceptors (Lipinski definition) is 5. The number of hydrogen-bond donors (Lipinski definition) is 1. The molecule has 156 valence electrons. The lowest BCUT2D eigenvalue weighted by Gasteiger charge is -2.32. The second-order valence-corrected chi connectivity index (χ2v) is 7.18. The van der Waals surface area contributed by atoms with Gasteiger partial charge < -0.3 is 24.1 Å².